The maximum atomic E-state index is 5.26. The fourth-order valence-electron chi connectivity index (χ4n) is 1.54. The maximum absolute atomic E-state index is 5.26. The fraction of sp³-hybridized carbons (Fsp3) is 0.500. The average molecular weight is 281 g/mol. The lowest BCUT2D eigenvalue weighted by Gasteiger charge is -2.14. The molecule has 0 aliphatic carbocycles. The number of hydrogen-bond donors (Lipinski definition) is 2. The van der Waals surface area contributed by atoms with Crippen molar-refractivity contribution in [2.75, 3.05) is 44.1 Å². The normalized spacial score (nSPS) is 10.1. The fourth-order valence-corrected chi connectivity index (χ4v) is 1.76. The molecule has 4 nitrogen and oxygen atoms in total. The lowest BCUT2D eigenvalue weighted by atomic mass is 10.2. The van der Waals surface area contributed by atoms with Gasteiger partial charge in [0.05, 0.1) is 0 Å². The number of hydrogen-bond acceptors (Lipinski definition) is 3. The Morgan fingerprint density at radius 3 is 2.53 bits per heavy atom. The van der Waals surface area contributed by atoms with Crippen LogP contribution in [0.4, 0.5) is 11.4 Å². The molecule has 1 aromatic rings. The molecule has 0 fully saturated rings. The third-order valence-electron chi connectivity index (χ3n) is 2.60. The summed E-state index contributed by atoms with van der Waals surface area (Å²) in [6, 6.07) is 8.15. The molecular formula is C14H23N3OS. The maximum Gasteiger partial charge on any atom is 0.170 e. The molecule has 0 aromatic heterocycles. The third-order valence-corrected chi connectivity index (χ3v) is 2.84. The summed E-state index contributed by atoms with van der Waals surface area (Å²) < 4.78 is 5.26. The zero-order valence-corrected chi connectivity index (χ0v) is 12.7. The SMILES string of the molecule is CCOCCCNC(=S)Nc1ccc(N(C)C)cc1. The first-order chi connectivity index (χ1) is 9.13. The predicted molar refractivity (Wildman–Crippen MR) is 86.1 cm³/mol. The number of benzene rings is 1. The zero-order valence-electron chi connectivity index (χ0n) is 11.9. The van der Waals surface area contributed by atoms with Gasteiger partial charge in [0.15, 0.2) is 5.11 Å². The van der Waals surface area contributed by atoms with Crippen LogP contribution in [0.3, 0.4) is 0 Å². The molecule has 0 unspecified atom stereocenters. The van der Waals surface area contributed by atoms with E-state index in [4.69, 9.17) is 17.0 Å². The van der Waals surface area contributed by atoms with Crippen LogP contribution in [0.2, 0.25) is 0 Å². The van der Waals surface area contributed by atoms with Gasteiger partial charge in [-0.25, -0.2) is 0 Å². The number of thiocarbonyl (C=S) groups is 1. The Bertz CT molecular complexity index is 379. The van der Waals surface area contributed by atoms with Crippen molar-refractivity contribution in [1.29, 1.82) is 0 Å². The van der Waals surface area contributed by atoms with Crippen molar-refractivity contribution in [3.05, 3.63) is 24.3 Å². The van der Waals surface area contributed by atoms with Crippen LogP contribution in [-0.2, 0) is 4.74 Å². The largest absolute Gasteiger partial charge is 0.382 e. The molecule has 0 bridgehead atoms. The highest BCUT2D eigenvalue weighted by molar-refractivity contribution is 7.80. The van der Waals surface area contributed by atoms with Crippen LogP contribution < -0.4 is 15.5 Å². The van der Waals surface area contributed by atoms with Crippen molar-refractivity contribution in [2.45, 2.75) is 13.3 Å². The molecule has 1 rings (SSSR count). The summed E-state index contributed by atoms with van der Waals surface area (Å²) in [7, 11) is 4.04. The van der Waals surface area contributed by atoms with Gasteiger partial charge in [0.1, 0.15) is 0 Å². The van der Waals surface area contributed by atoms with Crippen molar-refractivity contribution in [1.82, 2.24) is 5.32 Å². The molecule has 0 saturated carbocycles. The van der Waals surface area contributed by atoms with Gasteiger partial charge in [0, 0.05) is 45.2 Å². The quantitative estimate of drug-likeness (QED) is 0.593. The number of rotatable bonds is 7. The molecular weight excluding hydrogens is 258 g/mol. The Balaban J connectivity index is 2.28. The van der Waals surface area contributed by atoms with E-state index in [1.165, 1.54) is 5.69 Å². The lowest BCUT2D eigenvalue weighted by molar-refractivity contribution is 0.146. The van der Waals surface area contributed by atoms with Gasteiger partial charge in [-0.15, -0.1) is 0 Å². The van der Waals surface area contributed by atoms with Crippen LogP contribution in [0.5, 0.6) is 0 Å². The minimum absolute atomic E-state index is 0.647. The van der Waals surface area contributed by atoms with E-state index in [0.717, 1.165) is 31.9 Å². The summed E-state index contributed by atoms with van der Waals surface area (Å²) in [5, 5.41) is 6.96. The summed E-state index contributed by atoms with van der Waals surface area (Å²) in [4.78, 5) is 2.06. The van der Waals surface area contributed by atoms with Gasteiger partial charge in [0.25, 0.3) is 0 Å². The molecule has 5 heteroatoms. The minimum Gasteiger partial charge on any atom is -0.382 e. The van der Waals surface area contributed by atoms with Crippen molar-refractivity contribution < 1.29 is 4.74 Å². The van der Waals surface area contributed by atoms with E-state index in [1.807, 2.05) is 33.2 Å². The second kappa shape index (κ2) is 8.72. The molecule has 0 aliphatic heterocycles. The molecule has 0 aliphatic rings. The Hall–Kier alpha value is -1.33. The minimum atomic E-state index is 0.647. The molecule has 0 saturated heterocycles. The highest BCUT2D eigenvalue weighted by Crippen LogP contribution is 2.15. The Morgan fingerprint density at radius 1 is 1.26 bits per heavy atom. The Kier molecular flexibility index (Phi) is 7.22. The topological polar surface area (TPSA) is 36.5 Å². The predicted octanol–water partition coefficient (Wildman–Crippen LogP) is 2.47. The monoisotopic (exact) mass is 281 g/mol. The van der Waals surface area contributed by atoms with Gasteiger partial charge in [-0.05, 0) is 49.8 Å². The van der Waals surface area contributed by atoms with Crippen LogP contribution in [0.25, 0.3) is 0 Å². The van der Waals surface area contributed by atoms with E-state index in [0.29, 0.717) is 5.11 Å². The number of ether oxygens (including phenoxy) is 1. The van der Waals surface area contributed by atoms with Gasteiger partial charge in [-0.1, -0.05) is 0 Å². The van der Waals surface area contributed by atoms with Crippen molar-refractivity contribution in [3.8, 4) is 0 Å². The molecule has 2 N–H and O–H groups in total. The van der Waals surface area contributed by atoms with E-state index in [2.05, 4.69) is 27.7 Å². The number of nitrogens with one attached hydrogen (secondary N) is 2. The van der Waals surface area contributed by atoms with Crippen molar-refractivity contribution in [2.24, 2.45) is 0 Å². The van der Waals surface area contributed by atoms with E-state index < -0.39 is 0 Å². The van der Waals surface area contributed by atoms with Gasteiger partial charge in [-0.3, -0.25) is 0 Å². The van der Waals surface area contributed by atoms with Gasteiger partial charge in [0.2, 0.25) is 0 Å². The summed E-state index contributed by atoms with van der Waals surface area (Å²) in [5.74, 6) is 0. The van der Waals surface area contributed by atoms with Gasteiger partial charge >= 0.3 is 0 Å². The molecule has 1 aromatic carbocycles. The summed E-state index contributed by atoms with van der Waals surface area (Å²) in [6.07, 6.45) is 0.954. The number of nitrogens with zero attached hydrogens (tertiary/aromatic N) is 1. The van der Waals surface area contributed by atoms with Gasteiger partial charge in [-0.2, -0.15) is 0 Å². The second-order valence-corrected chi connectivity index (χ2v) is 4.78. The average Bonchev–Trinajstić information content (AvgIpc) is 2.39. The Morgan fingerprint density at radius 2 is 1.95 bits per heavy atom. The third kappa shape index (κ3) is 6.40. The first-order valence-corrected chi connectivity index (χ1v) is 6.94. The highest BCUT2D eigenvalue weighted by Gasteiger charge is 1.98. The van der Waals surface area contributed by atoms with Crippen molar-refractivity contribution in [3.63, 3.8) is 0 Å². The molecule has 0 radical (unpaired) electrons. The standard InChI is InChI=1S/C14H23N3OS/c1-4-18-11-5-10-15-14(19)16-12-6-8-13(9-7-12)17(2)3/h6-9H,4-5,10-11H2,1-3H3,(H2,15,16,19). The molecule has 0 heterocycles. The summed E-state index contributed by atoms with van der Waals surface area (Å²) in [6.45, 7) is 4.35. The lowest BCUT2D eigenvalue weighted by Crippen LogP contribution is -2.29. The van der Waals surface area contributed by atoms with Crippen LogP contribution in [-0.4, -0.2) is 39.0 Å². The van der Waals surface area contributed by atoms with E-state index >= 15 is 0 Å². The van der Waals surface area contributed by atoms with Crippen LogP contribution >= 0.6 is 12.2 Å². The molecule has 0 amide bonds. The zero-order chi connectivity index (χ0) is 14.1. The molecule has 19 heavy (non-hydrogen) atoms. The first kappa shape index (κ1) is 15.7. The van der Waals surface area contributed by atoms with E-state index in [9.17, 15) is 0 Å². The van der Waals surface area contributed by atoms with Crippen molar-refractivity contribution >= 4 is 28.7 Å². The van der Waals surface area contributed by atoms with E-state index in [1.54, 1.807) is 0 Å². The number of anilines is 2. The van der Waals surface area contributed by atoms with Gasteiger partial charge < -0.3 is 20.3 Å². The van der Waals surface area contributed by atoms with Crippen LogP contribution in [0.15, 0.2) is 24.3 Å². The molecule has 0 atom stereocenters. The molecule has 0 spiro atoms. The highest BCUT2D eigenvalue weighted by atomic mass is 32.1. The summed E-state index contributed by atoms with van der Waals surface area (Å²) in [5.41, 5.74) is 2.16. The molecule has 106 valence electrons. The van der Waals surface area contributed by atoms with E-state index in [-0.39, 0.29) is 0 Å². The Labute approximate surface area is 121 Å². The second-order valence-electron chi connectivity index (χ2n) is 4.37. The first-order valence-electron chi connectivity index (χ1n) is 6.53. The van der Waals surface area contributed by atoms with Crippen LogP contribution in [0, 0.1) is 0 Å². The van der Waals surface area contributed by atoms with Crippen LogP contribution in [0.1, 0.15) is 13.3 Å². The summed E-state index contributed by atoms with van der Waals surface area (Å²) >= 11 is 5.22. The smallest absolute Gasteiger partial charge is 0.170 e.